The molecule has 170 valence electrons. The predicted molar refractivity (Wildman–Crippen MR) is 123 cm³/mol. The van der Waals surface area contributed by atoms with Crippen LogP contribution in [0.2, 0.25) is 20.1 Å². The summed E-state index contributed by atoms with van der Waals surface area (Å²) in [6.45, 7) is 0.0249. The number of carbonyl (C=O) groups is 1. The fraction of sp³-hybridized carbons (Fsp3) is 0.0952. The molecular weight excluding hydrogens is 517 g/mol. The van der Waals surface area contributed by atoms with Gasteiger partial charge in [-0.3, -0.25) is 10.1 Å². The first kappa shape index (κ1) is 23.4. The molecule has 1 N–H and O–H groups in total. The molecule has 12 heteroatoms. The predicted octanol–water partition coefficient (Wildman–Crippen LogP) is 6.50. The van der Waals surface area contributed by atoms with Gasteiger partial charge >= 0.3 is 0 Å². The van der Waals surface area contributed by atoms with Crippen LogP contribution in [0.25, 0.3) is 0 Å². The van der Waals surface area contributed by atoms with Gasteiger partial charge in [-0.15, -0.1) is 5.10 Å². The van der Waals surface area contributed by atoms with E-state index in [1.54, 1.807) is 12.1 Å². The monoisotopic (exact) mass is 528 g/mol. The third kappa shape index (κ3) is 5.59. The average Bonchev–Trinajstić information content (AvgIpc) is 3.40. The van der Waals surface area contributed by atoms with E-state index < -0.39 is 11.7 Å². The normalized spacial score (nSPS) is 10.9. The second kappa shape index (κ2) is 10.0. The van der Waals surface area contributed by atoms with E-state index in [0.717, 1.165) is 0 Å². The Bertz CT molecular complexity index is 1280. The number of carbonyl (C=O) groups excluding carboxylic acids is 1. The minimum absolute atomic E-state index is 0.00963. The van der Waals surface area contributed by atoms with Crippen molar-refractivity contribution in [1.29, 1.82) is 0 Å². The minimum atomic E-state index is -0.578. The molecule has 4 aromatic rings. The molecule has 0 saturated carbocycles. The molecule has 2 heterocycles. The quantitative estimate of drug-likeness (QED) is 0.295. The third-order valence-corrected chi connectivity index (χ3v) is 5.48. The second-order valence-corrected chi connectivity index (χ2v) is 8.33. The van der Waals surface area contributed by atoms with Crippen molar-refractivity contribution in [1.82, 2.24) is 14.8 Å². The summed E-state index contributed by atoms with van der Waals surface area (Å²) in [6, 6.07) is 10.4. The Labute approximate surface area is 207 Å². The van der Waals surface area contributed by atoms with Crippen LogP contribution in [-0.2, 0) is 13.2 Å². The number of benzene rings is 2. The first-order valence-electron chi connectivity index (χ1n) is 9.30. The van der Waals surface area contributed by atoms with Gasteiger partial charge in [0.25, 0.3) is 5.91 Å². The van der Waals surface area contributed by atoms with E-state index in [0.29, 0.717) is 10.8 Å². The van der Waals surface area contributed by atoms with Gasteiger partial charge in [0.2, 0.25) is 5.95 Å². The number of anilines is 1. The molecule has 0 aliphatic rings. The highest BCUT2D eigenvalue weighted by molar-refractivity contribution is 6.40. The third-order valence-electron chi connectivity index (χ3n) is 4.35. The average molecular weight is 530 g/mol. The minimum Gasteiger partial charge on any atom is -0.483 e. The summed E-state index contributed by atoms with van der Waals surface area (Å²) in [4.78, 5) is 16.4. The van der Waals surface area contributed by atoms with Crippen molar-refractivity contribution in [3.8, 4) is 5.75 Å². The van der Waals surface area contributed by atoms with Gasteiger partial charge in [0.15, 0.2) is 11.5 Å². The number of nitrogens with one attached hydrogen (secondary N) is 1. The van der Waals surface area contributed by atoms with Gasteiger partial charge in [0.05, 0.1) is 16.6 Å². The van der Waals surface area contributed by atoms with E-state index in [-0.39, 0.29) is 51.2 Å². The molecule has 0 atom stereocenters. The molecule has 33 heavy (non-hydrogen) atoms. The highest BCUT2D eigenvalue weighted by atomic mass is 35.5. The fourth-order valence-electron chi connectivity index (χ4n) is 2.82. The van der Waals surface area contributed by atoms with E-state index in [1.165, 1.54) is 41.3 Å². The zero-order valence-electron chi connectivity index (χ0n) is 16.5. The van der Waals surface area contributed by atoms with Crippen LogP contribution < -0.4 is 10.1 Å². The number of hydrogen-bond acceptors (Lipinski definition) is 5. The van der Waals surface area contributed by atoms with E-state index in [4.69, 9.17) is 55.6 Å². The van der Waals surface area contributed by atoms with Gasteiger partial charge in [-0.1, -0.05) is 52.5 Å². The molecule has 0 aliphatic carbocycles. The molecule has 0 spiro atoms. The summed E-state index contributed by atoms with van der Waals surface area (Å²) in [5.74, 6) is -0.415. The SMILES string of the molecule is O=C(Nc1ncn(Cc2c(F)cccc2Cl)n1)c1ccc(COc2c(Cl)cc(Cl)cc2Cl)o1. The molecule has 4 rings (SSSR count). The standard InChI is InChI=1S/C21H13Cl4FN4O3/c22-11-6-15(24)19(16(25)7-11)32-9-12-4-5-18(33-12)20(31)28-21-27-10-30(29-21)8-13-14(23)2-1-3-17(13)26/h1-7,10H,8-9H2,(H,28,29,31). The van der Waals surface area contributed by atoms with Crippen LogP contribution >= 0.6 is 46.4 Å². The molecule has 0 aliphatic heterocycles. The Hall–Kier alpha value is -2.78. The van der Waals surface area contributed by atoms with Gasteiger partial charge in [-0.25, -0.2) is 14.1 Å². The summed E-state index contributed by atoms with van der Waals surface area (Å²) >= 11 is 24.1. The second-order valence-electron chi connectivity index (χ2n) is 6.67. The number of rotatable bonds is 7. The van der Waals surface area contributed by atoms with Gasteiger partial charge in [-0.05, 0) is 36.4 Å². The Morgan fingerprint density at radius 1 is 1.09 bits per heavy atom. The highest BCUT2D eigenvalue weighted by Gasteiger charge is 2.16. The maximum absolute atomic E-state index is 14.0. The van der Waals surface area contributed by atoms with Crippen LogP contribution in [0.1, 0.15) is 21.9 Å². The smallest absolute Gasteiger partial charge is 0.293 e. The van der Waals surface area contributed by atoms with Crippen LogP contribution in [0.15, 0.2) is 53.2 Å². The molecule has 0 saturated heterocycles. The summed E-state index contributed by atoms with van der Waals surface area (Å²) in [6.07, 6.45) is 1.35. The number of furan rings is 1. The Morgan fingerprint density at radius 2 is 1.85 bits per heavy atom. The zero-order valence-corrected chi connectivity index (χ0v) is 19.5. The van der Waals surface area contributed by atoms with Gasteiger partial charge < -0.3 is 9.15 Å². The number of hydrogen-bond donors (Lipinski definition) is 1. The summed E-state index contributed by atoms with van der Waals surface area (Å²) in [5.41, 5.74) is 0.263. The van der Waals surface area contributed by atoms with Crippen LogP contribution in [0.5, 0.6) is 5.75 Å². The van der Waals surface area contributed by atoms with E-state index >= 15 is 0 Å². The molecule has 0 radical (unpaired) electrons. The van der Waals surface area contributed by atoms with Crippen molar-refractivity contribution >= 4 is 58.3 Å². The van der Waals surface area contributed by atoms with E-state index in [9.17, 15) is 9.18 Å². The van der Waals surface area contributed by atoms with Crippen molar-refractivity contribution in [2.24, 2.45) is 0 Å². The topological polar surface area (TPSA) is 82.2 Å². The first-order valence-corrected chi connectivity index (χ1v) is 10.8. The van der Waals surface area contributed by atoms with Crippen LogP contribution in [-0.4, -0.2) is 20.7 Å². The van der Waals surface area contributed by atoms with Crippen LogP contribution in [0.4, 0.5) is 10.3 Å². The maximum Gasteiger partial charge on any atom is 0.293 e. The lowest BCUT2D eigenvalue weighted by molar-refractivity contribution is 0.0991. The number of nitrogens with zero attached hydrogens (tertiary/aromatic N) is 3. The molecule has 0 bridgehead atoms. The number of aromatic nitrogens is 3. The molecule has 0 unspecified atom stereocenters. The van der Waals surface area contributed by atoms with Crippen molar-refractivity contribution < 1.29 is 18.3 Å². The maximum atomic E-state index is 14.0. The van der Waals surface area contributed by atoms with Gasteiger partial charge in [0.1, 0.15) is 24.5 Å². The summed E-state index contributed by atoms with van der Waals surface area (Å²) in [7, 11) is 0. The Morgan fingerprint density at radius 3 is 2.58 bits per heavy atom. The van der Waals surface area contributed by atoms with Crippen molar-refractivity contribution in [3.05, 3.63) is 91.8 Å². The van der Waals surface area contributed by atoms with Crippen molar-refractivity contribution in [2.45, 2.75) is 13.2 Å². The molecule has 1 amide bonds. The highest BCUT2D eigenvalue weighted by Crippen LogP contribution is 2.36. The van der Waals surface area contributed by atoms with Crippen molar-refractivity contribution in [3.63, 3.8) is 0 Å². The lowest BCUT2D eigenvalue weighted by Gasteiger charge is -2.09. The zero-order chi connectivity index (χ0) is 23.5. The van der Waals surface area contributed by atoms with Gasteiger partial charge in [-0.2, -0.15) is 0 Å². The number of ether oxygens (including phenoxy) is 1. The summed E-state index contributed by atoms with van der Waals surface area (Å²) in [5, 5.41) is 7.74. The Balaban J connectivity index is 1.37. The van der Waals surface area contributed by atoms with Crippen LogP contribution in [0.3, 0.4) is 0 Å². The lowest BCUT2D eigenvalue weighted by atomic mass is 10.2. The molecule has 2 aromatic heterocycles. The van der Waals surface area contributed by atoms with Crippen molar-refractivity contribution in [2.75, 3.05) is 5.32 Å². The van der Waals surface area contributed by atoms with Gasteiger partial charge in [0, 0.05) is 15.6 Å². The molecule has 0 fully saturated rings. The van der Waals surface area contributed by atoms with Crippen LogP contribution in [0, 0.1) is 5.82 Å². The number of halogens is 5. The summed E-state index contributed by atoms with van der Waals surface area (Å²) < 4.78 is 26.4. The largest absolute Gasteiger partial charge is 0.483 e. The Kier molecular flexibility index (Phi) is 7.09. The molecule has 2 aromatic carbocycles. The number of amides is 1. The van der Waals surface area contributed by atoms with E-state index in [1.807, 2.05) is 0 Å². The first-order chi connectivity index (χ1) is 15.8. The molecule has 7 nitrogen and oxygen atoms in total. The fourth-order valence-corrected chi connectivity index (χ4v) is 3.97. The lowest BCUT2D eigenvalue weighted by Crippen LogP contribution is -2.13. The molecular formula is C21H13Cl4FN4O3. The van der Waals surface area contributed by atoms with E-state index in [2.05, 4.69) is 15.4 Å².